The highest BCUT2D eigenvalue weighted by atomic mass is 16.2. The Morgan fingerprint density at radius 1 is 1.15 bits per heavy atom. The largest absolute Gasteiger partial charge is 0.345 e. The molecule has 1 aromatic rings. The number of carbonyl (C=O) groups excluding carboxylic acids is 2. The third-order valence-electron chi connectivity index (χ3n) is 6.20. The number of piperidine rings is 1. The summed E-state index contributed by atoms with van der Waals surface area (Å²) in [6.45, 7) is 1.58. The van der Waals surface area contributed by atoms with Crippen molar-refractivity contribution in [3.05, 3.63) is 30.1 Å². The fraction of sp³-hybridized carbons (Fsp3) is 0.682. The molecule has 27 heavy (non-hydrogen) atoms. The second-order valence-electron chi connectivity index (χ2n) is 8.08. The molecule has 2 aliphatic rings. The van der Waals surface area contributed by atoms with Gasteiger partial charge in [-0.2, -0.15) is 0 Å². The highest BCUT2D eigenvalue weighted by Crippen LogP contribution is 2.35. The molecule has 1 saturated heterocycles. The van der Waals surface area contributed by atoms with Gasteiger partial charge in [0, 0.05) is 57.3 Å². The lowest BCUT2D eigenvalue weighted by atomic mass is 9.78. The van der Waals surface area contributed by atoms with Gasteiger partial charge in [0.05, 0.1) is 0 Å². The summed E-state index contributed by atoms with van der Waals surface area (Å²) in [6.07, 6.45) is 11.6. The molecule has 2 amide bonds. The number of likely N-dealkylation sites (N-methyl/N-ethyl adjacent to an activating group) is 1. The number of aromatic nitrogens is 1. The molecule has 2 fully saturated rings. The van der Waals surface area contributed by atoms with E-state index in [9.17, 15) is 9.59 Å². The van der Waals surface area contributed by atoms with E-state index >= 15 is 0 Å². The quantitative estimate of drug-likeness (QED) is 0.738. The van der Waals surface area contributed by atoms with Crippen molar-refractivity contribution in [3.63, 3.8) is 0 Å². The molecule has 3 rings (SSSR count). The van der Waals surface area contributed by atoms with E-state index in [0.717, 1.165) is 31.0 Å². The topological polar surface area (TPSA) is 53.5 Å². The minimum absolute atomic E-state index is 0.118. The van der Waals surface area contributed by atoms with Crippen LogP contribution in [0, 0.1) is 5.92 Å². The predicted molar refractivity (Wildman–Crippen MR) is 106 cm³/mol. The predicted octanol–water partition coefficient (Wildman–Crippen LogP) is 3.43. The third-order valence-corrected chi connectivity index (χ3v) is 6.20. The fourth-order valence-corrected chi connectivity index (χ4v) is 4.61. The molecular weight excluding hydrogens is 338 g/mol. The van der Waals surface area contributed by atoms with Crippen molar-refractivity contribution in [1.82, 2.24) is 14.8 Å². The summed E-state index contributed by atoms with van der Waals surface area (Å²) in [6, 6.07) is 6.31. The van der Waals surface area contributed by atoms with E-state index < -0.39 is 0 Å². The summed E-state index contributed by atoms with van der Waals surface area (Å²) in [7, 11) is 1.84. The molecule has 0 bridgehead atoms. The Bertz CT molecular complexity index is 617. The molecule has 0 radical (unpaired) electrons. The first-order chi connectivity index (χ1) is 13.1. The Hall–Kier alpha value is -1.91. The molecular formula is C22H33N3O2. The molecule has 1 aromatic heterocycles. The van der Waals surface area contributed by atoms with E-state index in [2.05, 4.69) is 9.88 Å². The van der Waals surface area contributed by atoms with Crippen molar-refractivity contribution in [2.75, 3.05) is 20.1 Å². The van der Waals surface area contributed by atoms with Gasteiger partial charge in [-0.1, -0.05) is 18.9 Å². The highest BCUT2D eigenvalue weighted by Gasteiger charge is 2.35. The van der Waals surface area contributed by atoms with Crippen molar-refractivity contribution in [3.8, 4) is 0 Å². The Labute approximate surface area is 163 Å². The zero-order chi connectivity index (χ0) is 19.1. The van der Waals surface area contributed by atoms with Gasteiger partial charge in [0.1, 0.15) is 0 Å². The zero-order valence-corrected chi connectivity index (χ0v) is 16.6. The molecule has 2 heterocycles. The normalized spacial score (nSPS) is 22.2. The zero-order valence-electron chi connectivity index (χ0n) is 16.6. The smallest absolute Gasteiger partial charge is 0.222 e. The van der Waals surface area contributed by atoms with Crippen LogP contribution in [0.3, 0.4) is 0 Å². The van der Waals surface area contributed by atoms with Crippen LogP contribution in [0.25, 0.3) is 0 Å². The molecule has 0 aromatic carbocycles. The van der Waals surface area contributed by atoms with Crippen molar-refractivity contribution >= 4 is 11.8 Å². The maximum atomic E-state index is 12.7. The standard InChI is InChI=1S/C22H33N3O2/c1-24(17-14-19-10-4-5-15-23-19)21(26)12-6-13-22(27)25-16-7-9-18-8-2-3-11-20(18)25/h4-5,10,15,18,20H,2-3,6-9,11-14,16-17H2,1H3. The summed E-state index contributed by atoms with van der Waals surface area (Å²) in [4.78, 5) is 33.2. The first kappa shape index (κ1) is 19.8. The van der Waals surface area contributed by atoms with Gasteiger partial charge in [-0.3, -0.25) is 14.6 Å². The second kappa shape index (κ2) is 9.86. The summed E-state index contributed by atoms with van der Waals surface area (Å²) in [5.74, 6) is 1.10. The number of amides is 2. The van der Waals surface area contributed by atoms with Crippen molar-refractivity contribution in [2.45, 2.75) is 70.3 Å². The average Bonchev–Trinajstić information content (AvgIpc) is 2.72. The number of pyridine rings is 1. The number of hydrogen-bond acceptors (Lipinski definition) is 3. The molecule has 5 heteroatoms. The van der Waals surface area contributed by atoms with Crippen LogP contribution in [-0.4, -0.2) is 52.8 Å². The molecule has 0 N–H and O–H groups in total. The lowest BCUT2D eigenvalue weighted by Gasteiger charge is -2.44. The van der Waals surface area contributed by atoms with Gasteiger partial charge in [-0.05, 0) is 50.2 Å². The van der Waals surface area contributed by atoms with Crippen LogP contribution in [0.2, 0.25) is 0 Å². The van der Waals surface area contributed by atoms with Gasteiger partial charge >= 0.3 is 0 Å². The third kappa shape index (κ3) is 5.53. The summed E-state index contributed by atoms with van der Waals surface area (Å²) in [5, 5.41) is 0. The van der Waals surface area contributed by atoms with E-state index in [4.69, 9.17) is 0 Å². The number of carbonyl (C=O) groups is 2. The summed E-state index contributed by atoms with van der Waals surface area (Å²) in [5.41, 5.74) is 1.000. The molecule has 2 atom stereocenters. The van der Waals surface area contributed by atoms with Crippen LogP contribution in [0.4, 0.5) is 0 Å². The average molecular weight is 372 g/mol. The van der Waals surface area contributed by atoms with Crippen LogP contribution in [0.5, 0.6) is 0 Å². The summed E-state index contributed by atoms with van der Waals surface area (Å²) >= 11 is 0. The minimum Gasteiger partial charge on any atom is -0.345 e. The first-order valence-electron chi connectivity index (χ1n) is 10.6. The van der Waals surface area contributed by atoms with E-state index in [1.165, 1.54) is 32.1 Å². The maximum Gasteiger partial charge on any atom is 0.222 e. The number of nitrogens with zero attached hydrogens (tertiary/aromatic N) is 3. The number of likely N-dealkylation sites (tertiary alicyclic amines) is 1. The van der Waals surface area contributed by atoms with Crippen molar-refractivity contribution in [2.24, 2.45) is 5.92 Å². The van der Waals surface area contributed by atoms with Crippen LogP contribution in [-0.2, 0) is 16.0 Å². The minimum atomic E-state index is 0.118. The van der Waals surface area contributed by atoms with E-state index in [0.29, 0.717) is 31.8 Å². The van der Waals surface area contributed by atoms with E-state index in [-0.39, 0.29) is 11.8 Å². The van der Waals surface area contributed by atoms with Gasteiger partial charge in [-0.25, -0.2) is 0 Å². The first-order valence-corrected chi connectivity index (χ1v) is 10.6. The van der Waals surface area contributed by atoms with Gasteiger partial charge in [-0.15, -0.1) is 0 Å². The SMILES string of the molecule is CN(CCc1ccccn1)C(=O)CCCC(=O)N1CCCC2CCCCC21. The van der Waals surface area contributed by atoms with E-state index in [1.54, 1.807) is 11.1 Å². The molecule has 1 aliphatic heterocycles. The number of fused-ring (bicyclic) bond motifs is 1. The second-order valence-corrected chi connectivity index (χ2v) is 8.08. The monoisotopic (exact) mass is 371 g/mol. The molecule has 5 nitrogen and oxygen atoms in total. The molecule has 0 spiro atoms. The van der Waals surface area contributed by atoms with Gasteiger partial charge in [0.2, 0.25) is 11.8 Å². The van der Waals surface area contributed by atoms with Crippen molar-refractivity contribution in [1.29, 1.82) is 0 Å². The van der Waals surface area contributed by atoms with Crippen LogP contribution in [0.1, 0.15) is 63.5 Å². The number of rotatable bonds is 7. The Morgan fingerprint density at radius 3 is 2.78 bits per heavy atom. The molecule has 1 saturated carbocycles. The highest BCUT2D eigenvalue weighted by molar-refractivity contribution is 5.79. The molecule has 2 unspecified atom stereocenters. The Kier molecular flexibility index (Phi) is 7.25. The van der Waals surface area contributed by atoms with Gasteiger partial charge in [0.25, 0.3) is 0 Å². The van der Waals surface area contributed by atoms with Crippen LogP contribution < -0.4 is 0 Å². The lowest BCUT2D eigenvalue weighted by Crippen LogP contribution is -2.49. The number of hydrogen-bond donors (Lipinski definition) is 0. The molecule has 148 valence electrons. The Balaban J connectivity index is 1.38. The molecule has 1 aliphatic carbocycles. The van der Waals surface area contributed by atoms with Gasteiger partial charge < -0.3 is 9.80 Å². The van der Waals surface area contributed by atoms with Crippen LogP contribution >= 0.6 is 0 Å². The van der Waals surface area contributed by atoms with Crippen molar-refractivity contribution < 1.29 is 9.59 Å². The maximum absolute atomic E-state index is 12.7. The summed E-state index contributed by atoms with van der Waals surface area (Å²) < 4.78 is 0. The fourth-order valence-electron chi connectivity index (χ4n) is 4.61. The van der Waals surface area contributed by atoms with Crippen LogP contribution in [0.15, 0.2) is 24.4 Å². The Morgan fingerprint density at radius 2 is 1.96 bits per heavy atom. The van der Waals surface area contributed by atoms with Gasteiger partial charge in [0.15, 0.2) is 0 Å². The van der Waals surface area contributed by atoms with E-state index in [1.807, 2.05) is 25.2 Å². The lowest BCUT2D eigenvalue weighted by molar-refractivity contribution is -0.137.